The fourth-order valence-corrected chi connectivity index (χ4v) is 3.97. The van der Waals surface area contributed by atoms with Crippen molar-refractivity contribution in [3.63, 3.8) is 0 Å². The zero-order valence-corrected chi connectivity index (χ0v) is 17.7. The zero-order chi connectivity index (χ0) is 22.0. The van der Waals surface area contributed by atoms with Crippen LogP contribution >= 0.6 is 0 Å². The number of rotatable bonds is 4. The van der Waals surface area contributed by atoms with Gasteiger partial charge in [0.2, 0.25) is 5.91 Å². The Morgan fingerprint density at radius 1 is 0.871 bits per heavy atom. The first-order chi connectivity index (χ1) is 15.0. The van der Waals surface area contributed by atoms with Gasteiger partial charge < -0.3 is 19.6 Å². The summed E-state index contributed by atoms with van der Waals surface area (Å²) >= 11 is 0. The van der Waals surface area contributed by atoms with Gasteiger partial charge in [-0.15, -0.1) is 0 Å². The number of carbonyl (C=O) groups excluding carboxylic acids is 2. The average Bonchev–Trinajstić information content (AvgIpc) is 2.82. The number of nitrogens with zero attached hydrogens (tertiary/aromatic N) is 2. The molecular weight excluding hydrogens is 392 g/mol. The van der Waals surface area contributed by atoms with Gasteiger partial charge in [0.1, 0.15) is 11.5 Å². The van der Waals surface area contributed by atoms with Crippen LogP contribution in [0.5, 0.6) is 11.5 Å². The van der Waals surface area contributed by atoms with E-state index in [1.165, 1.54) is 12.1 Å². The summed E-state index contributed by atoms with van der Waals surface area (Å²) in [4.78, 5) is 29.3. The summed E-state index contributed by atoms with van der Waals surface area (Å²) < 4.78 is 5.28. The molecule has 1 heterocycles. The zero-order valence-electron chi connectivity index (χ0n) is 17.7. The van der Waals surface area contributed by atoms with E-state index in [2.05, 4.69) is 6.07 Å². The Morgan fingerprint density at radius 3 is 2.16 bits per heavy atom. The molecule has 2 amide bonds. The molecule has 1 aliphatic heterocycles. The van der Waals surface area contributed by atoms with Crippen molar-refractivity contribution in [2.24, 2.45) is 0 Å². The van der Waals surface area contributed by atoms with E-state index < -0.39 is 0 Å². The summed E-state index contributed by atoms with van der Waals surface area (Å²) in [6.45, 7) is 3.95. The third kappa shape index (κ3) is 4.33. The number of ether oxygens (including phenoxy) is 1. The van der Waals surface area contributed by atoms with E-state index in [1.807, 2.05) is 42.2 Å². The Labute approximate surface area is 181 Å². The number of aromatic hydroxyl groups is 1. The van der Waals surface area contributed by atoms with Crippen LogP contribution in [0.4, 0.5) is 0 Å². The predicted octanol–water partition coefficient (Wildman–Crippen LogP) is 3.64. The predicted molar refractivity (Wildman–Crippen MR) is 120 cm³/mol. The molecular formula is C25H26N2O4. The highest BCUT2D eigenvalue weighted by Gasteiger charge is 2.28. The first kappa shape index (κ1) is 20.7. The van der Waals surface area contributed by atoms with Crippen molar-refractivity contribution in [1.29, 1.82) is 0 Å². The van der Waals surface area contributed by atoms with Gasteiger partial charge in [0.25, 0.3) is 5.91 Å². The molecule has 1 N–H and O–H groups in total. The van der Waals surface area contributed by atoms with Crippen LogP contribution < -0.4 is 4.74 Å². The van der Waals surface area contributed by atoms with Gasteiger partial charge in [0.05, 0.1) is 13.0 Å². The highest BCUT2D eigenvalue weighted by Crippen LogP contribution is 2.26. The number of fused-ring (bicyclic) bond motifs is 1. The fourth-order valence-electron chi connectivity index (χ4n) is 3.97. The molecule has 6 heteroatoms. The molecule has 1 atom stereocenters. The van der Waals surface area contributed by atoms with E-state index in [0.29, 0.717) is 31.7 Å². The van der Waals surface area contributed by atoms with Crippen molar-refractivity contribution in [2.75, 3.05) is 33.3 Å². The minimum absolute atomic E-state index is 0.0737. The quantitative estimate of drug-likeness (QED) is 0.702. The standard InChI is InChI=1S/C25H26N2O4/c1-17(19-3-4-21-16-23(31-2)10-7-20(21)15-19)24(29)26-11-13-27(14-12-26)25(30)18-5-8-22(28)9-6-18/h3-10,15-17,28H,11-14H2,1-2H3. The Kier molecular flexibility index (Phi) is 5.80. The third-order valence-corrected chi connectivity index (χ3v) is 5.93. The summed E-state index contributed by atoms with van der Waals surface area (Å²) in [5.41, 5.74) is 1.52. The Morgan fingerprint density at radius 2 is 1.48 bits per heavy atom. The number of hydrogen-bond donors (Lipinski definition) is 1. The van der Waals surface area contributed by atoms with E-state index in [9.17, 15) is 14.7 Å². The van der Waals surface area contributed by atoms with Crippen molar-refractivity contribution >= 4 is 22.6 Å². The van der Waals surface area contributed by atoms with Crippen molar-refractivity contribution < 1.29 is 19.4 Å². The summed E-state index contributed by atoms with van der Waals surface area (Å²) in [6, 6.07) is 18.2. The number of benzene rings is 3. The van der Waals surface area contributed by atoms with Gasteiger partial charge in [-0.2, -0.15) is 0 Å². The maximum absolute atomic E-state index is 13.1. The number of phenolic OH excluding ortho intramolecular Hbond substituents is 1. The molecule has 31 heavy (non-hydrogen) atoms. The SMILES string of the molecule is COc1ccc2cc(C(C)C(=O)N3CCN(C(=O)c4ccc(O)cc4)CC3)ccc2c1. The smallest absolute Gasteiger partial charge is 0.253 e. The van der Waals surface area contributed by atoms with Crippen LogP contribution in [-0.4, -0.2) is 60.0 Å². The topological polar surface area (TPSA) is 70.1 Å². The maximum atomic E-state index is 13.1. The Hall–Kier alpha value is -3.54. The summed E-state index contributed by atoms with van der Waals surface area (Å²) in [5.74, 6) is 0.679. The molecule has 3 aromatic carbocycles. The molecule has 0 saturated carbocycles. The molecule has 1 saturated heterocycles. The molecule has 160 valence electrons. The van der Waals surface area contributed by atoms with Gasteiger partial charge in [-0.25, -0.2) is 0 Å². The normalized spacial score (nSPS) is 15.0. The van der Waals surface area contributed by atoms with Gasteiger partial charge in [-0.1, -0.05) is 24.3 Å². The van der Waals surface area contributed by atoms with Gasteiger partial charge >= 0.3 is 0 Å². The molecule has 4 rings (SSSR count). The molecule has 0 bridgehead atoms. The summed E-state index contributed by atoms with van der Waals surface area (Å²) in [7, 11) is 1.65. The lowest BCUT2D eigenvalue weighted by Crippen LogP contribution is -2.51. The largest absolute Gasteiger partial charge is 0.508 e. The number of piperazine rings is 1. The summed E-state index contributed by atoms with van der Waals surface area (Å²) in [6.07, 6.45) is 0. The second kappa shape index (κ2) is 8.68. The van der Waals surface area contributed by atoms with Crippen molar-refractivity contribution in [3.05, 3.63) is 71.8 Å². The minimum atomic E-state index is -0.258. The number of phenols is 1. The second-order valence-electron chi connectivity index (χ2n) is 7.86. The first-order valence-electron chi connectivity index (χ1n) is 10.4. The lowest BCUT2D eigenvalue weighted by Gasteiger charge is -2.36. The number of hydrogen-bond acceptors (Lipinski definition) is 4. The van der Waals surface area contributed by atoms with Crippen molar-refractivity contribution in [3.8, 4) is 11.5 Å². The highest BCUT2D eigenvalue weighted by molar-refractivity contribution is 5.94. The van der Waals surface area contributed by atoms with E-state index in [4.69, 9.17) is 4.74 Å². The number of carbonyl (C=O) groups is 2. The van der Waals surface area contributed by atoms with Gasteiger partial charge in [-0.3, -0.25) is 9.59 Å². The van der Waals surface area contributed by atoms with E-state index in [-0.39, 0.29) is 23.5 Å². The Bertz CT molecular complexity index is 1100. The van der Waals surface area contributed by atoms with Gasteiger partial charge in [0.15, 0.2) is 0 Å². The molecule has 0 aliphatic carbocycles. The van der Waals surface area contributed by atoms with E-state index >= 15 is 0 Å². The van der Waals surface area contributed by atoms with Gasteiger partial charge in [0, 0.05) is 31.7 Å². The van der Waals surface area contributed by atoms with Crippen LogP contribution in [0.15, 0.2) is 60.7 Å². The molecule has 0 radical (unpaired) electrons. The molecule has 0 aromatic heterocycles. The number of methoxy groups -OCH3 is 1. The average molecular weight is 418 g/mol. The molecule has 3 aromatic rings. The van der Waals surface area contributed by atoms with Crippen molar-refractivity contribution in [1.82, 2.24) is 9.80 Å². The Balaban J connectivity index is 1.40. The maximum Gasteiger partial charge on any atom is 0.253 e. The lowest BCUT2D eigenvalue weighted by molar-refractivity contribution is -0.133. The highest BCUT2D eigenvalue weighted by atomic mass is 16.5. The minimum Gasteiger partial charge on any atom is -0.508 e. The third-order valence-electron chi connectivity index (χ3n) is 5.93. The van der Waals surface area contributed by atoms with Gasteiger partial charge in [-0.05, 0) is 59.7 Å². The fraction of sp³-hybridized carbons (Fsp3) is 0.280. The van der Waals surface area contributed by atoms with Crippen LogP contribution in [0.1, 0.15) is 28.8 Å². The molecule has 1 fully saturated rings. The second-order valence-corrected chi connectivity index (χ2v) is 7.86. The van der Waals surface area contributed by atoms with Crippen LogP contribution in [0.2, 0.25) is 0 Å². The number of amides is 2. The van der Waals surface area contributed by atoms with Crippen LogP contribution in [0.25, 0.3) is 10.8 Å². The monoisotopic (exact) mass is 418 g/mol. The molecule has 1 unspecified atom stereocenters. The summed E-state index contributed by atoms with van der Waals surface area (Å²) in [5, 5.41) is 11.5. The van der Waals surface area contributed by atoms with E-state index in [1.54, 1.807) is 24.1 Å². The van der Waals surface area contributed by atoms with Crippen LogP contribution in [0, 0.1) is 0 Å². The van der Waals surface area contributed by atoms with Crippen LogP contribution in [-0.2, 0) is 4.79 Å². The lowest BCUT2D eigenvalue weighted by atomic mass is 9.96. The molecule has 0 spiro atoms. The van der Waals surface area contributed by atoms with Crippen LogP contribution in [0.3, 0.4) is 0 Å². The molecule has 1 aliphatic rings. The van der Waals surface area contributed by atoms with Crippen molar-refractivity contribution in [2.45, 2.75) is 12.8 Å². The first-order valence-corrected chi connectivity index (χ1v) is 10.4. The molecule has 6 nitrogen and oxygen atoms in total. The van der Waals surface area contributed by atoms with E-state index in [0.717, 1.165) is 22.1 Å².